The van der Waals surface area contributed by atoms with Crippen LogP contribution in [0.3, 0.4) is 0 Å². The lowest BCUT2D eigenvalue weighted by atomic mass is 10.2. The Kier molecular flexibility index (Phi) is 6.21. The number of phenols is 1. The van der Waals surface area contributed by atoms with E-state index in [1.54, 1.807) is 18.2 Å². The maximum Gasteiger partial charge on any atom is 0.319 e. The second kappa shape index (κ2) is 7.97. The van der Waals surface area contributed by atoms with Crippen molar-refractivity contribution in [2.75, 3.05) is 11.9 Å². The van der Waals surface area contributed by atoms with Gasteiger partial charge in [-0.05, 0) is 25.0 Å². The SMILES string of the molecule is O=C(O)CCCCCNC(=O)Nc1ccccc1O. The molecule has 0 heterocycles. The molecule has 0 spiro atoms. The number of carboxylic acid groups (broad SMARTS) is 1. The van der Waals surface area contributed by atoms with Crippen molar-refractivity contribution in [2.24, 2.45) is 0 Å². The van der Waals surface area contributed by atoms with E-state index in [0.717, 1.165) is 12.8 Å². The molecule has 0 aliphatic carbocycles. The second-order valence-corrected chi connectivity index (χ2v) is 4.10. The zero-order valence-corrected chi connectivity index (χ0v) is 10.6. The third-order valence-corrected chi connectivity index (χ3v) is 2.51. The number of phenolic OH excluding ortho intramolecular Hbond substituents is 1. The van der Waals surface area contributed by atoms with Gasteiger partial charge in [0.2, 0.25) is 0 Å². The van der Waals surface area contributed by atoms with Crippen molar-refractivity contribution in [1.82, 2.24) is 5.32 Å². The Balaban J connectivity index is 2.15. The predicted octanol–water partition coefficient (Wildman–Crippen LogP) is 2.16. The zero-order valence-electron chi connectivity index (χ0n) is 10.6. The van der Waals surface area contributed by atoms with E-state index in [4.69, 9.17) is 5.11 Å². The molecule has 0 atom stereocenters. The zero-order chi connectivity index (χ0) is 14.1. The van der Waals surface area contributed by atoms with E-state index >= 15 is 0 Å². The van der Waals surface area contributed by atoms with Crippen molar-refractivity contribution in [3.8, 4) is 5.75 Å². The molecule has 0 aromatic heterocycles. The lowest BCUT2D eigenvalue weighted by molar-refractivity contribution is -0.137. The maximum atomic E-state index is 11.5. The Morgan fingerprint density at radius 2 is 1.84 bits per heavy atom. The summed E-state index contributed by atoms with van der Waals surface area (Å²) in [4.78, 5) is 21.8. The number of hydrogen-bond acceptors (Lipinski definition) is 3. The molecular formula is C13H18N2O4. The topological polar surface area (TPSA) is 98.7 Å². The maximum absolute atomic E-state index is 11.5. The molecule has 0 unspecified atom stereocenters. The number of unbranched alkanes of at least 4 members (excludes halogenated alkanes) is 2. The highest BCUT2D eigenvalue weighted by Gasteiger charge is 2.04. The number of anilines is 1. The summed E-state index contributed by atoms with van der Waals surface area (Å²) in [5.74, 6) is -0.788. The number of rotatable bonds is 7. The summed E-state index contributed by atoms with van der Waals surface area (Å²) in [6, 6.07) is 6.07. The van der Waals surface area contributed by atoms with Crippen molar-refractivity contribution in [1.29, 1.82) is 0 Å². The van der Waals surface area contributed by atoms with Crippen LogP contribution in [0.2, 0.25) is 0 Å². The lowest BCUT2D eigenvalue weighted by Gasteiger charge is -2.08. The molecule has 0 saturated heterocycles. The largest absolute Gasteiger partial charge is 0.506 e. The number of aromatic hydroxyl groups is 1. The van der Waals surface area contributed by atoms with Crippen LogP contribution in [0, 0.1) is 0 Å². The van der Waals surface area contributed by atoms with Crippen LogP contribution in [0.15, 0.2) is 24.3 Å². The Morgan fingerprint density at radius 1 is 1.11 bits per heavy atom. The summed E-state index contributed by atoms with van der Waals surface area (Å²) in [5.41, 5.74) is 0.353. The van der Waals surface area contributed by atoms with Crippen LogP contribution in [-0.2, 0) is 4.79 Å². The molecule has 0 fully saturated rings. The normalized spacial score (nSPS) is 9.89. The molecule has 0 saturated carbocycles. The van der Waals surface area contributed by atoms with E-state index in [9.17, 15) is 14.7 Å². The Morgan fingerprint density at radius 3 is 2.53 bits per heavy atom. The molecule has 0 radical (unpaired) electrons. The molecular weight excluding hydrogens is 248 g/mol. The standard InChI is InChI=1S/C13H18N2O4/c16-11-7-4-3-6-10(11)15-13(19)14-9-5-1-2-8-12(17)18/h3-4,6-7,16H,1-2,5,8-9H2,(H,17,18)(H2,14,15,19). The van der Waals surface area contributed by atoms with Gasteiger partial charge in [-0.1, -0.05) is 18.6 Å². The highest BCUT2D eigenvalue weighted by molar-refractivity contribution is 5.90. The Hall–Kier alpha value is -2.24. The second-order valence-electron chi connectivity index (χ2n) is 4.10. The first-order valence-electron chi connectivity index (χ1n) is 6.14. The lowest BCUT2D eigenvalue weighted by Crippen LogP contribution is -2.29. The summed E-state index contributed by atoms with van der Waals surface area (Å²) >= 11 is 0. The third kappa shape index (κ3) is 6.30. The van der Waals surface area contributed by atoms with Crippen LogP contribution in [-0.4, -0.2) is 28.8 Å². The molecule has 1 aromatic carbocycles. The number of hydrogen-bond donors (Lipinski definition) is 4. The number of carboxylic acids is 1. The number of para-hydroxylation sites is 2. The van der Waals surface area contributed by atoms with Gasteiger partial charge >= 0.3 is 12.0 Å². The van der Waals surface area contributed by atoms with E-state index in [0.29, 0.717) is 18.7 Å². The number of urea groups is 1. The van der Waals surface area contributed by atoms with Gasteiger partial charge in [-0.3, -0.25) is 4.79 Å². The first kappa shape index (κ1) is 14.8. The van der Waals surface area contributed by atoms with Crippen LogP contribution >= 0.6 is 0 Å². The molecule has 1 rings (SSSR count). The van der Waals surface area contributed by atoms with Crippen molar-refractivity contribution in [3.05, 3.63) is 24.3 Å². The highest BCUT2D eigenvalue weighted by atomic mass is 16.4. The molecule has 6 nitrogen and oxygen atoms in total. The van der Waals surface area contributed by atoms with Gasteiger partial charge in [0.15, 0.2) is 0 Å². The van der Waals surface area contributed by atoms with Crippen LogP contribution in [0.25, 0.3) is 0 Å². The summed E-state index contributed by atoms with van der Waals surface area (Å²) in [7, 11) is 0. The van der Waals surface area contributed by atoms with E-state index in [1.165, 1.54) is 6.07 Å². The first-order chi connectivity index (χ1) is 9.09. The first-order valence-corrected chi connectivity index (χ1v) is 6.14. The Bertz CT molecular complexity index is 434. The molecule has 0 aliphatic heterocycles. The van der Waals surface area contributed by atoms with Crippen LogP contribution in [0.4, 0.5) is 10.5 Å². The minimum Gasteiger partial charge on any atom is -0.506 e. The van der Waals surface area contributed by atoms with Crippen molar-refractivity contribution in [3.63, 3.8) is 0 Å². The summed E-state index contributed by atoms with van der Waals surface area (Å²) in [5, 5.41) is 23.1. The number of amides is 2. The smallest absolute Gasteiger partial charge is 0.319 e. The molecule has 104 valence electrons. The average molecular weight is 266 g/mol. The molecule has 6 heteroatoms. The molecule has 0 bridgehead atoms. The fourth-order valence-electron chi connectivity index (χ4n) is 1.53. The van der Waals surface area contributed by atoms with Gasteiger partial charge < -0.3 is 20.8 Å². The number of nitrogens with one attached hydrogen (secondary N) is 2. The minimum atomic E-state index is -0.801. The summed E-state index contributed by atoms with van der Waals surface area (Å²) < 4.78 is 0. The van der Waals surface area contributed by atoms with E-state index in [-0.39, 0.29) is 18.2 Å². The van der Waals surface area contributed by atoms with Crippen LogP contribution in [0.1, 0.15) is 25.7 Å². The third-order valence-electron chi connectivity index (χ3n) is 2.51. The molecule has 19 heavy (non-hydrogen) atoms. The Labute approximate surface area is 111 Å². The summed E-state index contributed by atoms with van der Waals surface area (Å²) in [6.45, 7) is 0.471. The molecule has 1 aromatic rings. The average Bonchev–Trinajstić information content (AvgIpc) is 2.36. The van der Waals surface area contributed by atoms with Crippen LogP contribution in [0.5, 0.6) is 5.75 Å². The number of carbonyl (C=O) groups excluding carboxylic acids is 1. The van der Waals surface area contributed by atoms with Gasteiger partial charge in [0.25, 0.3) is 0 Å². The van der Waals surface area contributed by atoms with Crippen molar-refractivity contribution in [2.45, 2.75) is 25.7 Å². The number of aliphatic carboxylic acids is 1. The quantitative estimate of drug-likeness (QED) is 0.449. The number of carbonyl (C=O) groups is 2. The molecule has 4 N–H and O–H groups in total. The van der Waals surface area contributed by atoms with Crippen molar-refractivity contribution >= 4 is 17.7 Å². The fraction of sp³-hybridized carbons (Fsp3) is 0.385. The van der Waals surface area contributed by atoms with Gasteiger partial charge in [0, 0.05) is 13.0 Å². The fourth-order valence-corrected chi connectivity index (χ4v) is 1.53. The van der Waals surface area contributed by atoms with Gasteiger partial charge in [-0.25, -0.2) is 4.79 Å². The van der Waals surface area contributed by atoms with Gasteiger partial charge in [0.1, 0.15) is 5.75 Å². The van der Waals surface area contributed by atoms with E-state index in [2.05, 4.69) is 10.6 Å². The van der Waals surface area contributed by atoms with Gasteiger partial charge in [-0.15, -0.1) is 0 Å². The summed E-state index contributed by atoms with van der Waals surface area (Å²) in [6.07, 6.45) is 2.24. The van der Waals surface area contributed by atoms with Gasteiger partial charge in [-0.2, -0.15) is 0 Å². The highest BCUT2D eigenvalue weighted by Crippen LogP contribution is 2.20. The molecule has 2 amide bonds. The minimum absolute atomic E-state index is 0.0131. The van der Waals surface area contributed by atoms with Gasteiger partial charge in [0.05, 0.1) is 5.69 Å². The predicted molar refractivity (Wildman–Crippen MR) is 71.2 cm³/mol. The van der Waals surface area contributed by atoms with E-state index in [1.807, 2.05) is 0 Å². The molecule has 0 aliphatic rings. The monoisotopic (exact) mass is 266 g/mol. The number of benzene rings is 1. The van der Waals surface area contributed by atoms with Crippen LogP contribution < -0.4 is 10.6 Å². The van der Waals surface area contributed by atoms with E-state index < -0.39 is 5.97 Å². The van der Waals surface area contributed by atoms with Crippen molar-refractivity contribution < 1.29 is 19.8 Å².